The number of sulfonamides is 1. The number of nitrogens with zero attached hydrogens (tertiary/aromatic N) is 1. The third kappa shape index (κ3) is 2.55. The Morgan fingerprint density at radius 1 is 1.26 bits per heavy atom. The van der Waals surface area contributed by atoms with Gasteiger partial charge in [0, 0.05) is 13.1 Å². The second kappa shape index (κ2) is 4.89. The maximum atomic E-state index is 12.3. The molecular weight excluding hydrogens is 262 g/mol. The SMILES string of the molecule is CCc1ccc(S(=O)(=O)N2CC(O)(C(C)C)C2)cc1. The standard InChI is InChI=1S/C14H21NO3S/c1-4-12-5-7-13(8-6-12)19(17,18)15-9-14(16,10-15)11(2)3/h5-8,11,16H,4,9-10H2,1-3H3. The van der Waals surface area contributed by atoms with Crippen molar-refractivity contribution in [3.05, 3.63) is 29.8 Å². The predicted octanol–water partition coefficient (Wildman–Crippen LogP) is 1.64. The molecule has 0 aromatic heterocycles. The molecule has 19 heavy (non-hydrogen) atoms. The number of hydrogen-bond acceptors (Lipinski definition) is 3. The molecule has 0 aliphatic carbocycles. The maximum absolute atomic E-state index is 12.3. The van der Waals surface area contributed by atoms with E-state index in [1.54, 1.807) is 12.1 Å². The highest BCUT2D eigenvalue weighted by Gasteiger charge is 2.48. The van der Waals surface area contributed by atoms with Crippen molar-refractivity contribution in [3.8, 4) is 0 Å². The van der Waals surface area contributed by atoms with Crippen LogP contribution in [0.3, 0.4) is 0 Å². The summed E-state index contributed by atoms with van der Waals surface area (Å²) in [5, 5.41) is 10.1. The Balaban J connectivity index is 2.16. The summed E-state index contributed by atoms with van der Waals surface area (Å²) in [5.41, 5.74) is 0.234. The van der Waals surface area contributed by atoms with Crippen LogP contribution in [0.5, 0.6) is 0 Å². The lowest BCUT2D eigenvalue weighted by Crippen LogP contribution is -2.65. The molecule has 0 atom stereocenters. The molecule has 0 spiro atoms. The van der Waals surface area contributed by atoms with Crippen molar-refractivity contribution in [3.63, 3.8) is 0 Å². The molecule has 2 rings (SSSR count). The molecule has 1 saturated heterocycles. The molecule has 1 heterocycles. The molecule has 0 bridgehead atoms. The predicted molar refractivity (Wildman–Crippen MR) is 74.4 cm³/mol. The summed E-state index contributed by atoms with van der Waals surface area (Å²) in [6, 6.07) is 6.95. The quantitative estimate of drug-likeness (QED) is 0.914. The molecule has 0 amide bonds. The van der Waals surface area contributed by atoms with Gasteiger partial charge in [-0.25, -0.2) is 8.42 Å². The van der Waals surface area contributed by atoms with E-state index in [0.29, 0.717) is 4.90 Å². The molecule has 0 radical (unpaired) electrons. The van der Waals surface area contributed by atoms with E-state index < -0.39 is 15.6 Å². The van der Waals surface area contributed by atoms with E-state index in [4.69, 9.17) is 0 Å². The molecule has 0 saturated carbocycles. The summed E-state index contributed by atoms with van der Waals surface area (Å²) < 4.78 is 26.0. The number of β-amino-alcohol motifs (C(OH)–C–C–N with tert-alkyl or cyclic N) is 1. The smallest absolute Gasteiger partial charge is 0.243 e. The number of aryl methyl sites for hydroxylation is 1. The normalized spacial score (nSPS) is 19.4. The van der Waals surface area contributed by atoms with Gasteiger partial charge in [0.15, 0.2) is 0 Å². The van der Waals surface area contributed by atoms with Crippen LogP contribution >= 0.6 is 0 Å². The van der Waals surface area contributed by atoms with Gasteiger partial charge in [0.2, 0.25) is 10.0 Å². The molecular formula is C14H21NO3S. The number of hydrogen-bond donors (Lipinski definition) is 1. The van der Waals surface area contributed by atoms with Gasteiger partial charge in [-0.1, -0.05) is 32.9 Å². The van der Waals surface area contributed by atoms with Gasteiger partial charge >= 0.3 is 0 Å². The van der Waals surface area contributed by atoms with Crippen molar-refractivity contribution < 1.29 is 13.5 Å². The van der Waals surface area contributed by atoms with Gasteiger partial charge in [-0.15, -0.1) is 0 Å². The second-order valence-corrected chi connectivity index (χ2v) is 7.47. The van der Waals surface area contributed by atoms with Crippen LogP contribution in [0.2, 0.25) is 0 Å². The highest BCUT2D eigenvalue weighted by atomic mass is 32.2. The summed E-state index contributed by atoms with van der Waals surface area (Å²) in [5.74, 6) is 0.0569. The molecule has 1 N–H and O–H groups in total. The van der Waals surface area contributed by atoms with Crippen molar-refractivity contribution in [1.82, 2.24) is 4.31 Å². The van der Waals surface area contributed by atoms with Crippen molar-refractivity contribution >= 4 is 10.0 Å². The fourth-order valence-corrected chi connectivity index (χ4v) is 3.71. The van der Waals surface area contributed by atoms with Gasteiger partial charge in [0.05, 0.1) is 10.5 Å². The summed E-state index contributed by atoms with van der Waals surface area (Å²) in [6.45, 7) is 6.20. The minimum Gasteiger partial charge on any atom is -0.387 e. The second-order valence-electron chi connectivity index (χ2n) is 5.53. The van der Waals surface area contributed by atoms with E-state index in [9.17, 15) is 13.5 Å². The minimum atomic E-state index is -3.46. The van der Waals surface area contributed by atoms with E-state index in [1.165, 1.54) is 4.31 Å². The maximum Gasteiger partial charge on any atom is 0.243 e. The van der Waals surface area contributed by atoms with E-state index in [2.05, 4.69) is 0 Å². The van der Waals surface area contributed by atoms with Gasteiger partial charge in [-0.2, -0.15) is 4.31 Å². The molecule has 5 heteroatoms. The average molecular weight is 283 g/mol. The van der Waals surface area contributed by atoms with Crippen LogP contribution in [0.25, 0.3) is 0 Å². The van der Waals surface area contributed by atoms with E-state index in [-0.39, 0.29) is 19.0 Å². The van der Waals surface area contributed by atoms with E-state index >= 15 is 0 Å². The van der Waals surface area contributed by atoms with E-state index in [1.807, 2.05) is 32.9 Å². The van der Waals surface area contributed by atoms with Gasteiger partial charge in [-0.3, -0.25) is 0 Å². The average Bonchev–Trinajstić information content (AvgIpc) is 2.34. The van der Waals surface area contributed by atoms with Crippen LogP contribution in [-0.2, 0) is 16.4 Å². The Hall–Kier alpha value is -0.910. The first-order valence-electron chi connectivity index (χ1n) is 6.61. The van der Waals surface area contributed by atoms with Crippen molar-refractivity contribution in [2.24, 2.45) is 5.92 Å². The summed E-state index contributed by atoms with van der Waals surface area (Å²) in [6.07, 6.45) is 0.886. The third-order valence-electron chi connectivity index (χ3n) is 3.94. The van der Waals surface area contributed by atoms with Gasteiger partial charge in [0.25, 0.3) is 0 Å². The van der Waals surface area contributed by atoms with E-state index in [0.717, 1.165) is 12.0 Å². The van der Waals surface area contributed by atoms with Crippen molar-refractivity contribution in [2.45, 2.75) is 37.7 Å². The first-order valence-corrected chi connectivity index (χ1v) is 8.05. The van der Waals surface area contributed by atoms with Crippen LogP contribution in [-0.4, -0.2) is 36.5 Å². The lowest BCUT2D eigenvalue weighted by atomic mass is 9.85. The highest BCUT2D eigenvalue weighted by Crippen LogP contribution is 2.33. The van der Waals surface area contributed by atoms with Crippen LogP contribution < -0.4 is 0 Å². The Kier molecular flexibility index (Phi) is 3.73. The zero-order valence-electron chi connectivity index (χ0n) is 11.6. The zero-order valence-corrected chi connectivity index (χ0v) is 12.4. The number of aliphatic hydroxyl groups is 1. The van der Waals surface area contributed by atoms with Gasteiger partial charge < -0.3 is 5.11 Å². The summed E-state index contributed by atoms with van der Waals surface area (Å²) >= 11 is 0. The molecule has 1 aromatic carbocycles. The summed E-state index contributed by atoms with van der Waals surface area (Å²) in [7, 11) is -3.46. The Bertz CT molecular complexity index is 543. The van der Waals surface area contributed by atoms with Gasteiger partial charge in [-0.05, 0) is 30.0 Å². The monoisotopic (exact) mass is 283 g/mol. The highest BCUT2D eigenvalue weighted by molar-refractivity contribution is 7.89. The van der Waals surface area contributed by atoms with Crippen LogP contribution in [0.4, 0.5) is 0 Å². The lowest BCUT2D eigenvalue weighted by molar-refractivity contribution is -0.0932. The minimum absolute atomic E-state index is 0.0569. The lowest BCUT2D eigenvalue weighted by Gasteiger charge is -2.47. The Morgan fingerprint density at radius 3 is 2.21 bits per heavy atom. The first-order chi connectivity index (χ1) is 8.79. The van der Waals surface area contributed by atoms with Gasteiger partial charge in [0.1, 0.15) is 0 Å². The van der Waals surface area contributed by atoms with Crippen molar-refractivity contribution in [1.29, 1.82) is 0 Å². The molecule has 1 fully saturated rings. The number of benzene rings is 1. The molecule has 1 aromatic rings. The topological polar surface area (TPSA) is 57.6 Å². The molecule has 1 aliphatic heterocycles. The first kappa shape index (κ1) is 14.5. The third-order valence-corrected chi connectivity index (χ3v) is 5.75. The molecule has 106 valence electrons. The molecule has 4 nitrogen and oxygen atoms in total. The Morgan fingerprint density at radius 2 is 1.79 bits per heavy atom. The van der Waals surface area contributed by atoms with Crippen molar-refractivity contribution in [2.75, 3.05) is 13.1 Å². The number of rotatable bonds is 4. The zero-order chi connectivity index (χ0) is 14.3. The largest absolute Gasteiger partial charge is 0.387 e. The Labute approximate surface area is 115 Å². The van der Waals surface area contributed by atoms with Crippen LogP contribution in [0, 0.1) is 5.92 Å². The molecule has 0 unspecified atom stereocenters. The fourth-order valence-electron chi connectivity index (χ4n) is 2.15. The fraction of sp³-hybridized carbons (Fsp3) is 0.571. The summed E-state index contributed by atoms with van der Waals surface area (Å²) in [4.78, 5) is 0.301. The van der Waals surface area contributed by atoms with Crippen LogP contribution in [0.15, 0.2) is 29.2 Å². The molecule has 1 aliphatic rings. The van der Waals surface area contributed by atoms with Crippen LogP contribution in [0.1, 0.15) is 26.3 Å².